The van der Waals surface area contributed by atoms with Crippen molar-refractivity contribution in [2.45, 2.75) is 6.54 Å². The standard InChI is InChI=1S/C15H13BrN4O/c1-19(10-11-2-4-12(16)5-3-11)15(21)13-8-18-14-9-17-6-7-20(13)14/h2-9H,10H2,1H3. The van der Waals surface area contributed by atoms with Gasteiger partial charge in [-0.25, -0.2) is 4.98 Å². The van der Waals surface area contributed by atoms with E-state index in [0.717, 1.165) is 10.0 Å². The van der Waals surface area contributed by atoms with Crippen LogP contribution < -0.4 is 0 Å². The van der Waals surface area contributed by atoms with Crippen LogP contribution in [0.2, 0.25) is 0 Å². The van der Waals surface area contributed by atoms with E-state index >= 15 is 0 Å². The van der Waals surface area contributed by atoms with Gasteiger partial charge in [-0.15, -0.1) is 0 Å². The highest BCUT2D eigenvalue weighted by Gasteiger charge is 2.16. The molecular formula is C15H13BrN4O. The number of hydrogen-bond donors (Lipinski definition) is 0. The maximum Gasteiger partial charge on any atom is 0.272 e. The third-order valence-corrected chi connectivity index (χ3v) is 3.74. The first-order chi connectivity index (χ1) is 10.1. The molecule has 0 saturated carbocycles. The highest BCUT2D eigenvalue weighted by Crippen LogP contribution is 2.13. The number of benzene rings is 1. The number of imidazole rings is 1. The summed E-state index contributed by atoms with van der Waals surface area (Å²) in [5.41, 5.74) is 2.27. The zero-order valence-corrected chi connectivity index (χ0v) is 13.0. The predicted octanol–water partition coefficient (Wildman–Crippen LogP) is 2.76. The number of aromatic nitrogens is 3. The van der Waals surface area contributed by atoms with Crippen LogP contribution in [0.5, 0.6) is 0 Å². The van der Waals surface area contributed by atoms with Crippen LogP contribution in [-0.2, 0) is 6.54 Å². The maximum atomic E-state index is 12.5. The van der Waals surface area contributed by atoms with Crippen LogP contribution >= 0.6 is 15.9 Å². The molecule has 0 fully saturated rings. The van der Waals surface area contributed by atoms with Gasteiger partial charge >= 0.3 is 0 Å². The Morgan fingerprint density at radius 2 is 2.05 bits per heavy atom. The Morgan fingerprint density at radius 1 is 1.29 bits per heavy atom. The molecule has 3 aromatic rings. The van der Waals surface area contributed by atoms with Gasteiger partial charge in [-0.1, -0.05) is 28.1 Å². The van der Waals surface area contributed by atoms with E-state index in [-0.39, 0.29) is 5.91 Å². The zero-order valence-electron chi connectivity index (χ0n) is 11.4. The normalized spacial score (nSPS) is 10.8. The second-order valence-electron chi connectivity index (χ2n) is 4.74. The van der Waals surface area contributed by atoms with Gasteiger partial charge in [-0.2, -0.15) is 0 Å². The first-order valence-electron chi connectivity index (χ1n) is 6.42. The van der Waals surface area contributed by atoms with Crippen molar-refractivity contribution in [2.24, 2.45) is 0 Å². The Morgan fingerprint density at radius 3 is 2.81 bits per heavy atom. The number of rotatable bonds is 3. The minimum absolute atomic E-state index is 0.0726. The van der Waals surface area contributed by atoms with Crippen LogP contribution in [0.4, 0.5) is 0 Å². The third kappa shape index (κ3) is 2.80. The molecule has 1 aromatic carbocycles. The van der Waals surface area contributed by atoms with Crippen molar-refractivity contribution < 1.29 is 4.79 Å². The number of carbonyl (C=O) groups excluding carboxylic acids is 1. The average molecular weight is 345 g/mol. The first-order valence-corrected chi connectivity index (χ1v) is 7.21. The fourth-order valence-electron chi connectivity index (χ4n) is 2.13. The fraction of sp³-hybridized carbons (Fsp3) is 0.133. The fourth-order valence-corrected chi connectivity index (χ4v) is 2.40. The molecule has 0 unspecified atom stereocenters. The second-order valence-corrected chi connectivity index (χ2v) is 5.65. The van der Waals surface area contributed by atoms with Gasteiger partial charge in [0.05, 0.1) is 12.4 Å². The van der Waals surface area contributed by atoms with Crippen LogP contribution in [0.15, 0.2) is 53.5 Å². The topological polar surface area (TPSA) is 50.5 Å². The van der Waals surface area contributed by atoms with Gasteiger partial charge in [-0.3, -0.25) is 14.2 Å². The van der Waals surface area contributed by atoms with E-state index in [1.165, 1.54) is 0 Å². The van der Waals surface area contributed by atoms with E-state index in [1.807, 2.05) is 24.3 Å². The summed E-state index contributed by atoms with van der Waals surface area (Å²) in [6, 6.07) is 7.92. The molecule has 0 spiro atoms. The molecule has 1 amide bonds. The molecule has 6 heteroatoms. The second kappa shape index (κ2) is 5.65. The molecule has 2 heterocycles. The Kier molecular flexibility index (Phi) is 3.70. The van der Waals surface area contributed by atoms with Crippen LogP contribution in [0.25, 0.3) is 5.65 Å². The van der Waals surface area contributed by atoms with Gasteiger partial charge < -0.3 is 4.90 Å². The summed E-state index contributed by atoms with van der Waals surface area (Å²) in [5, 5.41) is 0. The van der Waals surface area contributed by atoms with Crippen molar-refractivity contribution >= 4 is 27.5 Å². The van der Waals surface area contributed by atoms with Gasteiger partial charge in [0.25, 0.3) is 5.91 Å². The smallest absolute Gasteiger partial charge is 0.272 e. The summed E-state index contributed by atoms with van der Waals surface area (Å²) in [6.07, 6.45) is 6.59. The Bertz CT molecular complexity index is 782. The Balaban J connectivity index is 1.82. The van der Waals surface area contributed by atoms with Gasteiger partial charge in [0, 0.05) is 30.5 Å². The van der Waals surface area contributed by atoms with Crippen molar-refractivity contribution in [3.05, 3.63) is 64.8 Å². The van der Waals surface area contributed by atoms with E-state index in [0.29, 0.717) is 17.9 Å². The summed E-state index contributed by atoms with van der Waals surface area (Å²) in [4.78, 5) is 22.4. The minimum Gasteiger partial charge on any atom is -0.336 e. The van der Waals surface area contributed by atoms with Gasteiger partial charge in [-0.05, 0) is 17.7 Å². The lowest BCUT2D eigenvalue weighted by atomic mass is 10.2. The average Bonchev–Trinajstić information content (AvgIpc) is 2.92. The Labute approximate surface area is 130 Å². The van der Waals surface area contributed by atoms with E-state index in [9.17, 15) is 4.79 Å². The molecule has 0 radical (unpaired) electrons. The van der Waals surface area contributed by atoms with Crippen molar-refractivity contribution in [3.63, 3.8) is 0 Å². The molecule has 106 valence electrons. The predicted molar refractivity (Wildman–Crippen MR) is 82.9 cm³/mol. The van der Waals surface area contributed by atoms with Gasteiger partial charge in [0.1, 0.15) is 5.69 Å². The first kappa shape index (κ1) is 13.8. The van der Waals surface area contributed by atoms with Crippen LogP contribution in [0.1, 0.15) is 16.1 Å². The lowest BCUT2D eigenvalue weighted by molar-refractivity contribution is 0.0778. The van der Waals surface area contributed by atoms with E-state index in [2.05, 4.69) is 25.9 Å². The number of amides is 1. The number of hydrogen-bond acceptors (Lipinski definition) is 3. The molecule has 3 rings (SSSR count). The van der Waals surface area contributed by atoms with Crippen LogP contribution in [0, 0.1) is 0 Å². The number of halogens is 1. The highest BCUT2D eigenvalue weighted by atomic mass is 79.9. The molecular weight excluding hydrogens is 332 g/mol. The van der Waals surface area contributed by atoms with Gasteiger partial charge in [0.15, 0.2) is 5.65 Å². The van der Waals surface area contributed by atoms with E-state index in [1.54, 1.807) is 41.1 Å². The molecule has 21 heavy (non-hydrogen) atoms. The molecule has 0 saturated heterocycles. The summed E-state index contributed by atoms with van der Waals surface area (Å²) in [6.45, 7) is 0.546. The van der Waals surface area contributed by atoms with Crippen LogP contribution in [-0.4, -0.2) is 32.2 Å². The van der Waals surface area contributed by atoms with E-state index < -0.39 is 0 Å². The SMILES string of the molecule is CN(Cc1ccc(Br)cc1)C(=O)c1cnc2cnccn12. The summed E-state index contributed by atoms with van der Waals surface area (Å²) >= 11 is 3.40. The molecule has 0 aliphatic heterocycles. The maximum absolute atomic E-state index is 12.5. The number of nitrogens with zero attached hydrogens (tertiary/aromatic N) is 4. The quantitative estimate of drug-likeness (QED) is 0.734. The lowest BCUT2D eigenvalue weighted by Gasteiger charge is -2.17. The largest absolute Gasteiger partial charge is 0.336 e. The molecule has 2 aromatic heterocycles. The van der Waals surface area contributed by atoms with Gasteiger partial charge in [0.2, 0.25) is 0 Å². The van der Waals surface area contributed by atoms with E-state index in [4.69, 9.17) is 0 Å². The monoisotopic (exact) mass is 344 g/mol. The van der Waals surface area contributed by atoms with Crippen molar-refractivity contribution in [3.8, 4) is 0 Å². The number of fused-ring (bicyclic) bond motifs is 1. The molecule has 0 N–H and O–H groups in total. The summed E-state index contributed by atoms with van der Waals surface area (Å²) in [5.74, 6) is -0.0726. The van der Waals surface area contributed by atoms with Crippen LogP contribution in [0.3, 0.4) is 0 Å². The molecule has 0 aliphatic rings. The summed E-state index contributed by atoms with van der Waals surface area (Å²) < 4.78 is 2.77. The Hall–Kier alpha value is -2.21. The summed E-state index contributed by atoms with van der Waals surface area (Å²) in [7, 11) is 1.78. The molecule has 0 aliphatic carbocycles. The van der Waals surface area contributed by atoms with Crippen molar-refractivity contribution in [2.75, 3.05) is 7.05 Å². The number of carbonyl (C=O) groups is 1. The molecule has 5 nitrogen and oxygen atoms in total. The highest BCUT2D eigenvalue weighted by molar-refractivity contribution is 9.10. The third-order valence-electron chi connectivity index (χ3n) is 3.22. The molecule has 0 bridgehead atoms. The van der Waals surface area contributed by atoms with Crippen molar-refractivity contribution in [1.82, 2.24) is 19.3 Å². The van der Waals surface area contributed by atoms with Crippen molar-refractivity contribution in [1.29, 1.82) is 0 Å². The minimum atomic E-state index is -0.0726. The lowest BCUT2D eigenvalue weighted by Crippen LogP contribution is -2.27. The zero-order chi connectivity index (χ0) is 14.8. The molecule has 0 atom stereocenters.